The Kier molecular flexibility index (Phi) is 5.35. The molecule has 2 amide bonds. The van der Waals surface area contributed by atoms with E-state index >= 15 is 0 Å². The largest absolute Gasteiger partial charge is 0.339 e. The van der Waals surface area contributed by atoms with E-state index in [1.807, 2.05) is 13.8 Å². The molecule has 1 heterocycles. The molecule has 23 heavy (non-hydrogen) atoms. The van der Waals surface area contributed by atoms with Crippen molar-refractivity contribution in [2.75, 3.05) is 26.2 Å². The fourth-order valence-electron chi connectivity index (χ4n) is 2.46. The number of amides is 2. The molecule has 1 aromatic carbocycles. The number of hydrogen-bond acceptors (Lipinski definition) is 4. The standard InChI is InChI=1S/C15H18BrN3O4/c1-10(2)14(20)17-5-7-18(8-6-17)15(21)11-3-4-12(16)13(9-11)19(22)23/h3-4,9-10H,5-8H2,1-2H3. The third kappa shape index (κ3) is 3.87. The lowest BCUT2D eigenvalue weighted by Crippen LogP contribution is -2.51. The van der Waals surface area contributed by atoms with Crippen LogP contribution < -0.4 is 0 Å². The Hall–Kier alpha value is -1.96. The van der Waals surface area contributed by atoms with Gasteiger partial charge in [0.1, 0.15) is 0 Å². The lowest BCUT2D eigenvalue weighted by atomic mass is 10.1. The van der Waals surface area contributed by atoms with Gasteiger partial charge in [-0.25, -0.2) is 0 Å². The van der Waals surface area contributed by atoms with Gasteiger partial charge in [-0.15, -0.1) is 0 Å². The number of carbonyl (C=O) groups is 2. The van der Waals surface area contributed by atoms with Gasteiger partial charge in [0.2, 0.25) is 5.91 Å². The highest BCUT2D eigenvalue weighted by molar-refractivity contribution is 9.10. The molecule has 1 aromatic rings. The number of hydrogen-bond donors (Lipinski definition) is 0. The molecule has 0 saturated carbocycles. The first-order valence-corrected chi connectivity index (χ1v) is 8.12. The van der Waals surface area contributed by atoms with E-state index in [0.29, 0.717) is 30.7 Å². The van der Waals surface area contributed by atoms with Crippen LogP contribution in [0, 0.1) is 16.0 Å². The molecule has 124 valence electrons. The van der Waals surface area contributed by atoms with Crippen LogP contribution in [-0.2, 0) is 4.79 Å². The van der Waals surface area contributed by atoms with Gasteiger partial charge in [-0.05, 0) is 28.1 Å². The third-order valence-corrected chi connectivity index (χ3v) is 4.43. The lowest BCUT2D eigenvalue weighted by Gasteiger charge is -2.35. The Bertz CT molecular complexity index is 640. The molecule has 0 unspecified atom stereocenters. The van der Waals surface area contributed by atoms with Crippen molar-refractivity contribution in [1.82, 2.24) is 9.80 Å². The fourth-order valence-corrected chi connectivity index (χ4v) is 2.85. The zero-order valence-corrected chi connectivity index (χ0v) is 14.6. The van der Waals surface area contributed by atoms with Gasteiger partial charge in [-0.3, -0.25) is 19.7 Å². The fraction of sp³-hybridized carbons (Fsp3) is 0.467. The molecule has 0 atom stereocenters. The number of nitrogens with zero attached hydrogens (tertiary/aromatic N) is 3. The van der Waals surface area contributed by atoms with Crippen molar-refractivity contribution < 1.29 is 14.5 Å². The summed E-state index contributed by atoms with van der Waals surface area (Å²) in [5.74, 6) is -0.236. The van der Waals surface area contributed by atoms with Crippen molar-refractivity contribution in [3.05, 3.63) is 38.3 Å². The van der Waals surface area contributed by atoms with E-state index in [1.54, 1.807) is 15.9 Å². The van der Waals surface area contributed by atoms with Crippen molar-refractivity contribution in [3.63, 3.8) is 0 Å². The van der Waals surface area contributed by atoms with Gasteiger partial charge < -0.3 is 9.80 Å². The minimum Gasteiger partial charge on any atom is -0.339 e. The maximum Gasteiger partial charge on any atom is 0.284 e. The second kappa shape index (κ2) is 7.08. The number of carbonyl (C=O) groups excluding carboxylic acids is 2. The summed E-state index contributed by atoms with van der Waals surface area (Å²) < 4.78 is 0.339. The summed E-state index contributed by atoms with van der Waals surface area (Å²) in [6.07, 6.45) is 0. The highest BCUT2D eigenvalue weighted by Crippen LogP contribution is 2.26. The lowest BCUT2D eigenvalue weighted by molar-refractivity contribution is -0.385. The predicted molar refractivity (Wildman–Crippen MR) is 88.1 cm³/mol. The zero-order valence-electron chi connectivity index (χ0n) is 13.0. The highest BCUT2D eigenvalue weighted by atomic mass is 79.9. The molecule has 0 aliphatic carbocycles. The summed E-state index contributed by atoms with van der Waals surface area (Å²) in [5.41, 5.74) is 0.146. The molecule has 2 rings (SSSR count). The van der Waals surface area contributed by atoms with Gasteiger partial charge in [-0.1, -0.05) is 13.8 Å². The van der Waals surface area contributed by atoms with Crippen LogP contribution >= 0.6 is 15.9 Å². The van der Waals surface area contributed by atoms with Gasteiger partial charge in [-0.2, -0.15) is 0 Å². The zero-order chi connectivity index (χ0) is 17.1. The average Bonchev–Trinajstić information content (AvgIpc) is 2.53. The van der Waals surface area contributed by atoms with Crippen LogP contribution in [0.2, 0.25) is 0 Å². The molecule has 8 heteroatoms. The van der Waals surface area contributed by atoms with Crippen LogP contribution in [0.1, 0.15) is 24.2 Å². The minimum absolute atomic E-state index is 0.0635. The topological polar surface area (TPSA) is 83.8 Å². The highest BCUT2D eigenvalue weighted by Gasteiger charge is 2.27. The Morgan fingerprint density at radius 1 is 1.17 bits per heavy atom. The SMILES string of the molecule is CC(C)C(=O)N1CCN(C(=O)c2ccc(Br)c([N+](=O)[O-])c2)CC1. The molecule has 7 nitrogen and oxygen atoms in total. The number of piperazine rings is 1. The maximum absolute atomic E-state index is 12.5. The minimum atomic E-state index is -0.528. The maximum atomic E-state index is 12.5. The van der Waals surface area contributed by atoms with E-state index in [9.17, 15) is 19.7 Å². The molecule has 1 fully saturated rings. The molecular weight excluding hydrogens is 366 g/mol. The second-order valence-corrected chi connectivity index (χ2v) is 6.55. The Balaban J connectivity index is 2.07. The van der Waals surface area contributed by atoms with E-state index in [2.05, 4.69) is 15.9 Å². The second-order valence-electron chi connectivity index (χ2n) is 5.70. The first-order valence-electron chi connectivity index (χ1n) is 7.33. The first-order chi connectivity index (χ1) is 10.8. The smallest absolute Gasteiger partial charge is 0.284 e. The van der Waals surface area contributed by atoms with Crippen molar-refractivity contribution in [1.29, 1.82) is 0 Å². The number of nitro groups is 1. The van der Waals surface area contributed by atoms with Crippen molar-refractivity contribution >= 4 is 33.4 Å². The Morgan fingerprint density at radius 3 is 2.26 bits per heavy atom. The molecule has 1 saturated heterocycles. The number of halogens is 1. The van der Waals surface area contributed by atoms with Crippen LogP contribution in [0.4, 0.5) is 5.69 Å². The van der Waals surface area contributed by atoms with Gasteiger partial charge >= 0.3 is 0 Å². The Morgan fingerprint density at radius 2 is 1.74 bits per heavy atom. The normalized spacial score (nSPS) is 15.0. The quantitative estimate of drug-likeness (QED) is 0.591. The summed E-state index contributed by atoms with van der Waals surface area (Å²) in [4.78, 5) is 38.2. The van der Waals surface area contributed by atoms with Crippen LogP contribution in [0.25, 0.3) is 0 Å². The van der Waals surface area contributed by atoms with Crippen LogP contribution in [-0.4, -0.2) is 52.7 Å². The van der Waals surface area contributed by atoms with E-state index in [-0.39, 0.29) is 29.0 Å². The third-order valence-electron chi connectivity index (χ3n) is 3.76. The molecule has 0 bridgehead atoms. The predicted octanol–water partition coefficient (Wildman–Crippen LogP) is 2.30. The molecule has 1 aliphatic rings. The van der Waals surface area contributed by atoms with Crippen molar-refractivity contribution in [3.8, 4) is 0 Å². The number of rotatable bonds is 3. The van der Waals surface area contributed by atoms with Crippen molar-refractivity contribution in [2.24, 2.45) is 5.92 Å². The summed E-state index contributed by atoms with van der Waals surface area (Å²) in [6.45, 7) is 5.53. The first kappa shape index (κ1) is 17.4. The monoisotopic (exact) mass is 383 g/mol. The van der Waals surface area contributed by atoms with Crippen LogP contribution in [0.3, 0.4) is 0 Å². The Labute approximate surface area is 142 Å². The molecule has 0 aromatic heterocycles. The molecular formula is C15H18BrN3O4. The van der Waals surface area contributed by atoms with Crippen LogP contribution in [0.5, 0.6) is 0 Å². The van der Waals surface area contributed by atoms with E-state index in [1.165, 1.54) is 12.1 Å². The summed E-state index contributed by atoms with van der Waals surface area (Å²) in [6, 6.07) is 4.34. The van der Waals surface area contributed by atoms with E-state index in [4.69, 9.17) is 0 Å². The van der Waals surface area contributed by atoms with Gasteiger partial charge in [0.15, 0.2) is 0 Å². The van der Waals surface area contributed by atoms with Gasteiger partial charge in [0.05, 0.1) is 9.40 Å². The number of nitro benzene ring substituents is 1. The van der Waals surface area contributed by atoms with E-state index in [0.717, 1.165) is 0 Å². The summed E-state index contributed by atoms with van der Waals surface area (Å²) >= 11 is 3.10. The summed E-state index contributed by atoms with van der Waals surface area (Å²) in [5, 5.41) is 11.0. The molecule has 0 spiro atoms. The average molecular weight is 384 g/mol. The molecule has 0 N–H and O–H groups in total. The van der Waals surface area contributed by atoms with E-state index < -0.39 is 4.92 Å². The molecule has 0 radical (unpaired) electrons. The van der Waals surface area contributed by atoms with Crippen LogP contribution in [0.15, 0.2) is 22.7 Å². The van der Waals surface area contributed by atoms with Gasteiger partial charge in [0.25, 0.3) is 11.6 Å². The van der Waals surface area contributed by atoms with Crippen molar-refractivity contribution in [2.45, 2.75) is 13.8 Å². The number of benzene rings is 1. The molecule has 1 aliphatic heterocycles. The van der Waals surface area contributed by atoms with Gasteiger partial charge in [0, 0.05) is 43.7 Å². The summed E-state index contributed by atoms with van der Waals surface area (Å²) in [7, 11) is 0.